The van der Waals surface area contributed by atoms with Gasteiger partial charge < -0.3 is 16.2 Å². The van der Waals surface area contributed by atoms with E-state index in [0.29, 0.717) is 6.42 Å². The number of hydrogen-bond donors (Lipinski definition) is 3. The molecular weight excluding hydrogens is 204 g/mol. The van der Waals surface area contributed by atoms with E-state index in [1.165, 1.54) is 0 Å². The maximum atomic E-state index is 11.7. The van der Waals surface area contributed by atoms with E-state index in [1.807, 2.05) is 6.92 Å². The number of nitrogens with two attached hydrogens (primary N) is 1. The van der Waals surface area contributed by atoms with Crippen LogP contribution in [0.3, 0.4) is 0 Å². The Hall–Kier alpha value is -0.610. The highest BCUT2D eigenvalue weighted by molar-refractivity contribution is 5.81. The molecule has 1 saturated carbocycles. The Morgan fingerprint density at radius 2 is 2.12 bits per heavy atom. The molecule has 1 rings (SSSR count). The van der Waals surface area contributed by atoms with Gasteiger partial charge in [-0.1, -0.05) is 32.6 Å². The second kappa shape index (κ2) is 6.86. The first-order valence-electron chi connectivity index (χ1n) is 6.39. The maximum absolute atomic E-state index is 11.7. The smallest absolute Gasteiger partial charge is 0.237 e. The molecule has 4 N–H and O–H groups in total. The molecule has 1 aliphatic carbocycles. The number of carbonyl (C=O) groups is 1. The van der Waals surface area contributed by atoms with Gasteiger partial charge in [0, 0.05) is 0 Å². The molecule has 94 valence electrons. The normalized spacial score (nSPS) is 28.2. The quantitative estimate of drug-likeness (QED) is 0.626. The molecule has 0 spiro atoms. The van der Waals surface area contributed by atoms with Crippen molar-refractivity contribution >= 4 is 5.91 Å². The summed E-state index contributed by atoms with van der Waals surface area (Å²) in [5.74, 6) is -0.118. The second-order valence-corrected chi connectivity index (χ2v) is 4.72. The SMILES string of the molecule is CCC[C@H](N)C(=O)NC1CCCCCC1O. The summed E-state index contributed by atoms with van der Waals surface area (Å²) in [7, 11) is 0. The molecular formula is C12H24N2O2. The standard InChI is InChI=1S/C12H24N2O2/c1-2-6-9(13)12(16)14-10-7-4-3-5-8-11(10)15/h9-11,15H,2-8,13H2,1H3,(H,14,16)/t9-,10?,11?/m0/s1. The molecule has 2 unspecified atom stereocenters. The number of amides is 1. The Labute approximate surface area is 97.6 Å². The largest absolute Gasteiger partial charge is 0.391 e. The first kappa shape index (κ1) is 13.5. The van der Waals surface area contributed by atoms with Crippen molar-refractivity contribution in [2.45, 2.75) is 70.1 Å². The van der Waals surface area contributed by atoms with Gasteiger partial charge in [0.05, 0.1) is 18.2 Å². The van der Waals surface area contributed by atoms with Crippen LogP contribution >= 0.6 is 0 Å². The number of hydrogen-bond acceptors (Lipinski definition) is 3. The van der Waals surface area contributed by atoms with Crippen molar-refractivity contribution in [1.29, 1.82) is 0 Å². The van der Waals surface area contributed by atoms with Crippen molar-refractivity contribution in [3.8, 4) is 0 Å². The highest BCUT2D eigenvalue weighted by Crippen LogP contribution is 2.18. The average Bonchev–Trinajstić information content (AvgIpc) is 2.45. The van der Waals surface area contributed by atoms with Crippen LogP contribution in [0.1, 0.15) is 51.9 Å². The van der Waals surface area contributed by atoms with Gasteiger partial charge in [0.2, 0.25) is 5.91 Å². The lowest BCUT2D eigenvalue weighted by Crippen LogP contribution is -2.49. The van der Waals surface area contributed by atoms with Gasteiger partial charge in [0.1, 0.15) is 0 Å². The number of aliphatic hydroxyl groups is 1. The monoisotopic (exact) mass is 228 g/mol. The number of aliphatic hydroxyl groups excluding tert-OH is 1. The zero-order valence-corrected chi connectivity index (χ0v) is 10.1. The third-order valence-corrected chi connectivity index (χ3v) is 3.24. The van der Waals surface area contributed by atoms with E-state index in [1.54, 1.807) is 0 Å². The van der Waals surface area contributed by atoms with E-state index in [0.717, 1.165) is 38.5 Å². The van der Waals surface area contributed by atoms with E-state index in [9.17, 15) is 9.90 Å². The molecule has 1 amide bonds. The Morgan fingerprint density at radius 1 is 1.44 bits per heavy atom. The van der Waals surface area contributed by atoms with Crippen LogP contribution in [0.5, 0.6) is 0 Å². The molecule has 0 aromatic heterocycles. The summed E-state index contributed by atoms with van der Waals surface area (Å²) >= 11 is 0. The van der Waals surface area contributed by atoms with Gasteiger partial charge in [-0.15, -0.1) is 0 Å². The molecule has 16 heavy (non-hydrogen) atoms. The first-order chi connectivity index (χ1) is 7.65. The molecule has 4 heteroatoms. The van der Waals surface area contributed by atoms with Crippen molar-refractivity contribution in [2.75, 3.05) is 0 Å². The summed E-state index contributed by atoms with van der Waals surface area (Å²) in [5.41, 5.74) is 5.74. The van der Waals surface area contributed by atoms with Crippen LogP contribution in [0.4, 0.5) is 0 Å². The summed E-state index contributed by atoms with van der Waals surface area (Å²) in [6, 6.07) is -0.529. The lowest BCUT2D eigenvalue weighted by atomic mass is 10.0. The lowest BCUT2D eigenvalue weighted by molar-refractivity contribution is -0.124. The number of rotatable bonds is 4. The molecule has 0 aliphatic heterocycles. The van der Waals surface area contributed by atoms with Crippen LogP contribution < -0.4 is 11.1 Å². The number of carbonyl (C=O) groups excluding carboxylic acids is 1. The van der Waals surface area contributed by atoms with E-state index in [2.05, 4.69) is 5.32 Å². The van der Waals surface area contributed by atoms with E-state index < -0.39 is 12.1 Å². The Balaban J connectivity index is 2.41. The van der Waals surface area contributed by atoms with Crippen LogP contribution in [-0.2, 0) is 4.79 Å². The zero-order valence-electron chi connectivity index (χ0n) is 10.1. The van der Waals surface area contributed by atoms with Crippen molar-refractivity contribution in [1.82, 2.24) is 5.32 Å². The highest BCUT2D eigenvalue weighted by atomic mass is 16.3. The topological polar surface area (TPSA) is 75.4 Å². The third-order valence-electron chi connectivity index (χ3n) is 3.24. The van der Waals surface area contributed by atoms with Gasteiger partial charge >= 0.3 is 0 Å². The van der Waals surface area contributed by atoms with Gasteiger partial charge in [-0.25, -0.2) is 0 Å². The third kappa shape index (κ3) is 4.10. The van der Waals surface area contributed by atoms with Crippen molar-refractivity contribution in [3.05, 3.63) is 0 Å². The van der Waals surface area contributed by atoms with Crippen LogP contribution in [0.2, 0.25) is 0 Å². The maximum Gasteiger partial charge on any atom is 0.237 e. The molecule has 0 aromatic carbocycles. The number of nitrogens with one attached hydrogen (secondary N) is 1. The minimum Gasteiger partial charge on any atom is -0.391 e. The van der Waals surface area contributed by atoms with E-state index >= 15 is 0 Å². The Bertz CT molecular complexity index is 221. The first-order valence-corrected chi connectivity index (χ1v) is 6.39. The molecule has 0 radical (unpaired) electrons. The summed E-state index contributed by atoms with van der Waals surface area (Å²) < 4.78 is 0. The average molecular weight is 228 g/mol. The molecule has 1 fully saturated rings. The van der Waals surface area contributed by atoms with Gasteiger partial charge in [0.15, 0.2) is 0 Å². The van der Waals surface area contributed by atoms with Crippen LogP contribution in [0.25, 0.3) is 0 Å². The molecule has 1 aliphatic rings. The van der Waals surface area contributed by atoms with Gasteiger partial charge in [-0.3, -0.25) is 4.79 Å². The van der Waals surface area contributed by atoms with Crippen molar-refractivity contribution in [3.63, 3.8) is 0 Å². The van der Waals surface area contributed by atoms with Crippen LogP contribution in [0, 0.1) is 0 Å². The lowest BCUT2D eigenvalue weighted by Gasteiger charge is -2.23. The predicted octanol–water partition coefficient (Wildman–Crippen LogP) is 0.924. The van der Waals surface area contributed by atoms with Gasteiger partial charge in [-0.2, -0.15) is 0 Å². The van der Waals surface area contributed by atoms with Gasteiger partial charge in [-0.05, 0) is 19.3 Å². The van der Waals surface area contributed by atoms with Crippen molar-refractivity contribution in [2.24, 2.45) is 5.73 Å². The molecule has 0 saturated heterocycles. The van der Waals surface area contributed by atoms with E-state index in [-0.39, 0.29) is 11.9 Å². The Kier molecular flexibility index (Phi) is 5.77. The van der Waals surface area contributed by atoms with E-state index in [4.69, 9.17) is 5.73 Å². The highest BCUT2D eigenvalue weighted by Gasteiger charge is 2.24. The molecule has 0 bridgehead atoms. The molecule has 0 heterocycles. The molecule has 3 atom stereocenters. The molecule has 0 aromatic rings. The Morgan fingerprint density at radius 3 is 2.81 bits per heavy atom. The van der Waals surface area contributed by atoms with Crippen LogP contribution in [0.15, 0.2) is 0 Å². The minimum absolute atomic E-state index is 0.0992. The second-order valence-electron chi connectivity index (χ2n) is 4.72. The summed E-state index contributed by atoms with van der Waals surface area (Å²) in [6.45, 7) is 2.01. The fourth-order valence-corrected chi connectivity index (χ4v) is 2.19. The predicted molar refractivity (Wildman–Crippen MR) is 63.9 cm³/mol. The molecule has 4 nitrogen and oxygen atoms in total. The summed E-state index contributed by atoms with van der Waals surface area (Å²) in [6.07, 6.45) is 6.13. The van der Waals surface area contributed by atoms with Crippen molar-refractivity contribution < 1.29 is 9.90 Å². The summed E-state index contributed by atoms with van der Waals surface area (Å²) in [4.78, 5) is 11.7. The summed E-state index contributed by atoms with van der Waals surface area (Å²) in [5, 5.41) is 12.7. The van der Waals surface area contributed by atoms with Gasteiger partial charge in [0.25, 0.3) is 0 Å². The van der Waals surface area contributed by atoms with Crippen LogP contribution in [-0.4, -0.2) is 29.2 Å². The fourth-order valence-electron chi connectivity index (χ4n) is 2.19. The zero-order chi connectivity index (χ0) is 12.0. The minimum atomic E-state index is -0.430. The fraction of sp³-hybridized carbons (Fsp3) is 0.917.